The van der Waals surface area contributed by atoms with Crippen LogP contribution in [0.5, 0.6) is 0 Å². The third-order valence-corrected chi connectivity index (χ3v) is 4.18. The average molecular weight is 270 g/mol. The van der Waals surface area contributed by atoms with Gasteiger partial charge in [-0.25, -0.2) is 9.78 Å². The molecule has 1 aliphatic rings. The van der Waals surface area contributed by atoms with Gasteiger partial charge in [0.05, 0.1) is 17.8 Å². The first-order chi connectivity index (χ1) is 8.42. The Morgan fingerprint density at radius 2 is 2.39 bits per heavy atom. The van der Waals surface area contributed by atoms with E-state index in [9.17, 15) is 9.59 Å². The second kappa shape index (κ2) is 4.66. The highest BCUT2D eigenvalue weighted by atomic mass is 32.1. The molecule has 98 valence electrons. The van der Waals surface area contributed by atoms with Crippen molar-refractivity contribution in [3.63, 3.8) is 0 Å². The van der Waals surface area contributed by atoms with Gasteiger partial charge >= 0.3 is 5.97 Å². The van der Waals surface area contributed by atoms with Gasteiger partial charge in [-0.2, -0.15) is 0 Å². The molecule has 0 saturated carbocycles. The Balaban J connectivity index is 2.09. The van der Waals surface area contributed by atoms with Gasteiger partial charge in [0.1, 0.15) is 4.88 Å². The molecule has 0 spiro atoms. The molecule has 0 aromatic carbocycles. The fourth-order valence-corrected chi connectivity index (χ4v) is 2.45. The van der Waals surface area contributed by atoms with Crippen LogP contribution in [0.2, 0.25) is 0 Å². The van der Waals surface area contributed by atoms with Crippen molar-refractivity contribution in [1.82, 2.24) is 10.3 Å². The van der Waals surface area contributed by atoms with Gasteiger partial charge in [-0.15, -0.1) is 11.3 Å². The number of aromatic nitrogens is 1. The summed E-state index contributed by atoms with van der Waals surface area (Å²) in [6, 6.07) is 0. The standard InChI is InChI=1S/C11H14N2O4S/c1-6-11(2,3-4-17-6)13-8(14)7-5-12-9(18-7)10(15)16/h5-6H,3-4H2,1-2H3,(H,13,14)(H,15,16). The number of carbonyl (C=O) groups excluding carboxylic acids is 1. The Bertz CT molecular complexity index is 487. The number of hydrogen-bond donors (Lipinski definition) is 2. The second-order valence-corrected chi connectivity index (χ2v) is 5.50. The lowest BCUT2D eigenvalue weighted by Gasteiger charge is -2.28. The molecule has 18 heavy (non-hydrogen) atoms. The Morgan fingerprint density at radius 1 is 1.67 bits per heavy atom. The molecule has 6 nitrogen and oxygen atoms in total. The smallest absolute Gasteiger partial charge is 0.365 e. The first-order valence-corrected chi connectivity index (χ1v) is 6.37. The maximum absolute atomic E-state index is 12.0. The van der Waals surface area contributed by atoms with Crippen molar-refractivity contribution < 1.29 is 19.4 Å². The van der Waals surface area contributed by atoms with Crippen LogP contribution >= 0.6 is 11.3 Å². The van der Waals surface area contributed by atoms with Crippen LogP contribution in [0.3, 0.4) is 0 Å². The van der Waals surface area contributed by atoms with Gasteiger partial charge in [-0.3, -0.25) is 4.79 Å². The molecule has 0 bridgehead atoms. The van der Waals surface area contributed by atoms with Crippen molar-refractivity contribution >= 4 is 23.2 Å². The highest BCUT2D eigenvalue weighted by molar-refractivity contribution is 7.15. The molecule has 1 amide bonds. The summed E-state index contributed by atoms with van der Waals surface area (Å²) >= 11 is 0.869. The average Bonchev–Trinajstić information content (AvgIpc) is 2.87. The molecule has 2 unspecified atom stereocenters. The number of nitrogens with one attached hydrogen (secondary N) is 1. The molecule has 2 N–H and O–H groups in total. The minimum Gasteiger partial charge on any atom is -0.476 e. The van der Waals surface area contributed by atoms with Crippen LogP contribution in [0, 0.1) is 0 Å². The Kier molecular flexibility index (Phi) is 3.36. The van der Waals surface area contributed by atoms with E-state index in [1.807, 2.05) is 13.8 Å². The van der Waals surface area contributed by atoms with Crippen LogP contribution in [0.15, 0.2) is 6.20 Å². The minimum absolute atomic E-state index is 0.0617. The van der Waals surface area contributed by atoms with Crippen molar-refractivity contribution in [2.24, 2.45) is 0 Å². The summed E-state index contributed by atoms with van der Waals surface area (Å²) in [4.78, 5) is 26.7. The molecule has 1 fully saturated rings. The molecule has 1 aromatic heterocycles. The molecular formula is C11H14N2O4S. The lowest BCUT2D eigenvalue weighted by Crippen LogP contribution is -2.50. The fourth-order valence-electron chi connectivity index (χ4n) is 1.80. The summed E-state index contributed by atoms with van der Waals surface area (Å²) in [7, 11) is 0. The number of rotatable bonds is 3. The van der Waals surface area contributed by atoms with Gasteiger partial charge in [-0.1, -0.05) is 0 Å². The number of thiazole rings is 1. The number of carboxylic acids is 1. The number of ether oxygens (including phenoxy) is 1. The minimum atomic E-state index is -1.12. The van der Waals surface area contributed by atoms with Crippen LogP contribution in [0.4, 0.5) is 0 Å². The highest BCUT2D eigenvalue weighted by Crippen LogP contribution is 2.26. The lowest BCUT2D eigenvalue weighted by atomic mass is 9.94. The molecule has 2 rings (SSSR count). The third kappa shape index (κ3) is 2.37. The zero-order valence-corrected chi connectivity index (χ0v) is 10.9. The van der Waals surface area contributed by atoms with Crippen LogP contribution in [0.25, 0.3) is 0 Å². The van der Waals surface area contributed by atoms with Crippen molar-refractivity contribution in [2.75, 3.05) is 6.61 Å². The maximum atomic E-state index is 12.0. The summed E-state index contributed by atoms with van der Waals surface area (Å²) in [5.41, 5.74) is -0.412. The molecule has 1 aromatic rings. The number of carbonyl (C=O) groups is 2. The fraction of sp³-hybridized carbons (Fsp3) is 0.545. The topological polar surface area (TPSA) is 88.5 Å². The van der Waals surface area contributed by atoms with E-state index < -0.39 is 11.5 Å². The number of aromatic carboxylic acids is 1. The SMILES string of the molecule is CC1OCCC1(C)NC(=O)c1cnc(C(=O)O)s1. The van der Waals surface area contributed by atoms with Crippen LogP contribution in [-0.4, -0.2) is 40.2 Å². The van der Waals surface area contributed by atoms with E-state index >= 15 is 0 Å². The predicted octanol–water partition coefficient (Wildman–Crippen LogP) is 1.14. The van der Waals surface area contributed by atoms with E-state index in [-0.39, 0.29) is 17.0 Å². The quantitative estimate of drug-likeness (QED) is 0.859. The van der Waals surface area contributed by atoms with Gasteiger partial charge in [0, 0.05) is 6.61 Å². The number of amides is 1. The van der Waals surface area contributed by atoms with E-state index in [0.717, 1.165) is 17.8 Å². The van der Waals surface area contributed by atoms with Gasteiger partial charge in [0.25, 0.3) is 5.91 Å². The first kappa shape index (κ1) is 13.0. The molecule has 2 heterocycles. The molecule has 1 saturated heterocycles. The van der Waals surface area contributed by atoms with Gasteiger partial charge in [0.2, 0.25) is 5.01 Å². The van der Waals surface area contributed by atoms with E-state index in [2.05, 4.69) is 10.3 Å². The highest BCUT2D eigenvalue weighted by Gasteiger charge is 2.38. The van der Waals surface area contributed by atoms with Crippen molar-refractivity contribution in [1.29, 1.82) is 0 Å². The summed E-state index contributed by atoms with van der Waals surface area (Å²) < 4.78 is 5.43. The van der Waals surface area contributed by atoms with Gasteiger partial charge < -0.3 is 15.2 Å². The summed E-state index contributed by atoms with van der Waals surface area (Å²) in [5, 5.41) is 11.6. The molecule has 1 aliphatic heterocycles. The Labute approximate surface area is 108 Å². The van der Waals surface area contributed by atoms with Crippen molar-refractivity contribution in [3.05, 3.63) is 16.1 Å². The first-order valence-electron chi connectivity index (χ1n) is 5.55. The largest absolute Gasteiger partial charge is 0.476 e. The van der Waals surface area contributed by atoms with Crippen molar-refractivity contribution in [2.45, 2.75) is 31.9 Å². The van der Waals surface area contributed by atoms with E-state index in [1.165, 1.54) is 6.20 Å². The monoisotopic (exact) mass is 270 g/mol. The van der Waals surface area contributed by atoms with E-state index in [4.69, 9.17) is 9.84 Å². The summed E-state index contributed by atoms with van der Waals surface area (Å²) in [6.45, 7) is 4.44. The van der Waals surface area contributed by atoms with Gasteiger partial charge in [0.15, 0.2) is 0 Å². The summed E-state index contributed by atoms with van der Waals surface area (Å²) in [6.07, 6.45) is 1.96. The molecule has 0 radical (unpaired) electrons. The van der Waals surface area contributed by atoms with E-state index in [0.29, 0.717) is 11.5 Å². The van der Waals surface area contributed by atoms with Crippen LogP contribution in [-0.2, 0) is 4.74 Å². The normalized spacial score (nSPS) is 27.1. The Hall–Kier alpha value is -1.47. The molecule has 0 aliphatic carbocycles. The number of nitrogens with zero attached hydrogens (tertiary/aromatic N) is 1. The van der Waals surface area contributed by atoms with Crippen molar-refractivity contribution in [3.8, 4) is 0 Å². The molecule has 2 atom stereocenters. The zero-order chi connectivity index (χ0) is 13.3. The molecular weight excluding hydrogens is 256 g/mol. The summed E-state index contributed by atoms with van der Waals surface area (Å²) in [5.74, 6) is -1.43. The van der Waals surface area contributed by atoms with Crippen LogP contribution < -0.4 is 5.32 Å². The predicted molar refractivity (Wildman–Crippen MR) is 65.0 cm³/mol. The van der Waals surface area contributed by atoms with Crippen LogP contribution in [0.1, 0.15) is 39.7 Å². The third-order valence-electron chi connectivity index (χ3n) is 3.20. The van der Waals surface area contributed by atoms with E-state index in [1.54, 1.807) is 0 Å². The maximum Gasteiger partial charge on any atom is 0.365 e. The zero-order valence-electron chi connectivity index (χ0n) is 10.1. The van der Waals surface area contributed by atoms with Gasteiger partial charge in [-0.05, 0) is 20.3 Å². The number of carboxylic acid groups (broad SMARTS) is 1. The second-order valence-electron chi connectivity index (χ2n) is 4.47. The lowest BCUT2D eigenvalue weighted by molar-refractivity contribution is 0.0695. The Morgan fingerprint density at radius 3 is 2.89 bits per heavy atom. The molecule has 7 heteroatoms. The number of hydrogen-bond acceptors (Lipinski definition) is 5.